The van der Waals surface area contributed by atoms with E-state index in [1.165, 1.54) is 10.9 Å². The van der Waals surface area contributed by atoms with Gasteiger partial charge in [0, 0.05) is 11.8 Å². The van der Waals surface area contributed by atoms with Crippen molar-refractivity contribution in [2.75, 3.05) is 12.0 Å². The van der Waals surface area contributed by atoms with Gasteiger partial charge in [-0.15, -0.1) is 10.2 Å². The largest absolute Gasteiger partial charge is 0.466 e. The number of hydrogen-bond donors (Lipinski definition) is 1. The molecule has 4 rings (SSSR count). The Morgan fingerprint density at radius 1 is 1.30 bits per heavy atom. The van der Waals surface area contributed by atoms with Gasteiger partial charge in [-0.1, -0.05) is 0 Å². The van der Waals surface area contributed by atoms with Crippen LogP contribution in [-0.2, 0) is 11.2 Å². The van der Waals surface area contributed by atoms with Gasteiger partial charge in [0.1, 0.15) is 0 Å². The highest BCUT2D eigenvalue weighted by Gasteiger charge is 2.51. The minimum absolute atomic E-state index is 0.131. The average molecular weight is 387 g/mol. The number of rotatable bonds is 4. The molecule has 1 unspecified atom stereocenters. The van der Waals surface area contributed by atoms with E-state index >= 15 is 0 Å². The summed E-state index contributed by atoms with van der Waals surface area (Å²) in [5.74, 6) is -1.26. The molecule has 11 heteroatoms. The molecule has 2 aliphatic rings. The van der Waals surface area contributed by atoms with Gasteiger partial charge in [0.05, 0.1) is 5.54 Å². The van der Waals surface area contributed by atoms with Gasteiger partial charge in [-0.2, -0.15) is 13.2 Å². The van der Waals surface area contributed by atoms with Gasteiger partial charge >= 0.3 is 6.18 Å². The van der Waals surface area contributed by atoms with E-state index in [4.69, 9.17) is 0 Å². The van der Waals surface area contributed by atoms with Crippen molar-refractivity contribution in [2.24, 2.45) is 0 Å². The van der Waals surface area contributed by atoms with Gasteiger partial charge in [0.15, 0.2) is 29.7 Å². The Bertz CT molecular complexity index is 920. The van der Waals surface area contributed by atoms with E-state index < -0.39 is 35.7 Å². The summed E-state index contributed by atoms with van der Waals surface area (Å²) in [5, 5.41) is 7.79. The molecule has 0 aromatic carbocycles. The number of aromatic nitrogens is 4. The van der Waals surface area contributed by atoms with Crippen molar-refractivity contribution in [3.05, 3.63) is 41.4 Å². The molecule has 6 nitrogen and oxygen atoms in total. The van der Waals surface area contributed by atoms with Gasteiger partial charge in [0.2, 0.25) is 0 Å². The summed E-state index contributed by atoms with van der Waals surface area (Å²) in [6.07, 6.45) is 0.543. The number of alkyl halides is 4. The number of nitrogens with zero attached hydrogens (tertiary/aromatic N) is 4. The number of halogens is 5. The Morgan fingerprint density at radius 2 is 2.04 bits per heavy atom. The van der Waals surface area contributed by atoms with Gasteiger partial charge in [-0.3, -0.25) is 0 Å². The molecule has 0 saturated heterocycles. The van der Waals surface area contributed by atoms with Crippen LogP contribution in [0.3, 0.4) is 0 Å². The highest BCUT2D eigenvalue weighted by atomic mass is 19.4. The van der Waals surface area contributed by atoms with E-state index in [9.17, 15) is 22.0 Å². The molecule has 1 aliphatic carbocycles. The zero-order valence-electron chi connectivity index (χ0n) is 14.0. The number of fused-ring (bicyclic) bond motifs is 1. The monoisotopic (exact) mass is 387 g/mol. The SMILES string of the molecule is CC1(c2cnc(OCC(F)(F)F)c(F)c2)C=Cc2nnc(C3(F)CC3)n2N1. The first-order valence-electron chi connectivity index (χ1n) is 8.07. The van der Waals surface area contributed by atoms with Crippen molar-refractivity contribution in [1.29, 1.82) is 0 Å². The molecule has 2 aromatic heterocycles. The highest BCUT2D eigenvalue weighted by Crippen LogP contribution is 2.49. The minimum Gasteiger partial charge on any atom is -0.466 e. The van der Waals surface area contributed by atoms with E-state index in [2.05, 4.69) is 25.3 Å². The van der Waals surface area contributed by atoms with Gasteiger partial charge in [0.25, 0.3) is 5.88 Å². The number of ether oxygens (including phenoxy) is 1. The van der Waals surface area contributed by atoms with Crippen molar-refractivity contribution in [3.8, 4) is 5.88 Å². The second-order valence-corrected chi connectivity index (χ2v) is 6.74. The van der Waals surface area contributed by atoms with Crippen molar-refractivity contribution in [2.45, 2.75) is 37.1 Å². The number of nitrogens with one attached hydrogen (secondary N) is 1. The molecule has 0 bridgehead atoms. The highest BCUT2D eigenvalue weighted by molar-refractivity contribution is 5.51. The van der Waals surface area contributed by atoms with E-state index in [1.54, 1.807) is 19.1 Å². The number of pyridine rings is 1. The molecule has 1 fully saturated rings. The molecule has 2 aromatic rings. The molecule has 1 atom stereocenters. The van der Waals surface area contributed by atoms with Crippen LogP contribution in [0.1, 0.15) is 37.0 Å². The third-order valence-electron chi connectivity index (χ3n) is 4.47. The van der Waals surface area contributed by atoms with Crippen LogP contribution >= 0.6 is 0 Å². The summed E-state index contributed by atoms with van der Waals surface area (Å²) < 4.78 is 71.0. The number of hydrogen-bond acceptors (Lipinski definition) is 5. The lowest BCUT2D eigenvalue weighted by Crippen LogP contribution is -2.40. The first-order valence-corrected chi connectivity index (χ1v) is 8.07. The fourth-order valence-electron chi connectivity index (χ4n) is 2.78. The van der Waals surface area contributed by atoms with Crippen molar-refractivity contribution in [3.63, 3.8) is 0 Å². The summed E-state index contributed by atoms with van der Waals surface area (Å²) in [5.41, 5.74) is 0.788. The van der Waals surface area contributed by atoms with Crippen LogP contribution in [0.4, 0.5) is 22.0 Å². The summed E-state index contributed by atoms with van der Waals surface area (Å²) in [6, 6.07) is 1.02. The van der Waals surface area contributed by atoms with E-state index in [-0.39, 0.29) is 5.82 Å². The molecule has 0 amide bonds. The minimum atomic E-state index is -4.60. The van der Waals surface area contributed by atoms with Gasteiger partial charge < -0.3 is 10.2 Å². The second-order valence-electron chi connectivity index (χ2n) is 6.74. The molecule has 0 spiro atoms. The molecule has 0 radical (unpaired) electrons. The standard InChI is InChI=1S/C16H14F5N5O/c1-14(9-6-10(17)12(22-7-9)27-8-16(19,20)21)3-2-11-23-24-13(26(11)25-14)15(18)4-5-15/h2-3,6-7,25H,4-5,8H2,1H3. The first-order chi connectivity index (χ1) is 12.6. The zero-order chi connectivity index (χ0) is 19.4. The lowest BCUT2D eigenvalue weighted by Gasteiger charge is -2.33. The van der Waals surface area contributed by atoms with Crippen LogP contribution in [0.2, 0.25) is 0 Å². The van der Waals surface area contributed by atoms with Crippen LogP contribution in [0.15, 0.2) is 18.3 Å². The molecular weight excluding hydrogens is 373 g/mol. The summed E-state index contributed by atoms with van der Waals surface area (Å²) in [4.78, 5) is 3.64. The van der Waals surface area contributed by atoms with Crippen molar-refractivity contribution >= 4 is 6.08 Å². The molecule has 1 N–H and O–H groups in total. The van der Waals surface area contributed by atoms with Gasteiger partial charge in [-0.25, -0.2) is 18.4 Å². The molecule has 3 heterocycles. The Labute approximate surface area is 150 Å². The zero-order valence-corrected chi connectivity index (χ0v) is 14.0. The van der Waals surface area contributed by atoms with Crippen LogP contribution in [0.25, 0.3) is 6.08 Å². The van der Waals surface area contributed by atoms with E-state index in [1.807, 2.05) is 0 Å². The van der Waals surface area contributed by atoms with Crippen LogP contribution in [0, 0.1) is 5.82 Å². The van der Waals surface area contributed by atoms with Crippen LogP contribution < -0.4 is 10.2 Å². The molecule has 1 aliphatic heterocycles. The maximum Gasteiger partial charge on any atom is 0.422 e. The molecular formula is C16H14F5N5O. The smallest absolute Gasteiger partial charge is 0.422 e. The van der Waals surface area contributed by atoms with E-state index in [0.717, 1.165) is 6.07 Å². The normalized spacial score (nSPS) is 22.9. The quantitative estimate of drug-likeness (QED) is 0.817. The lowest BCUT2D eigenvalue weighted by molar-refractivity contribution is -0.154. The fourth-order valence-corrected chi connectivity index (χ4v) is 2.78. The van der Waals surface area contributed by atoms with Crippen LogP contribution in [0.5, 0.6) is 5.88 Å². The summed E-state index contributed by atoms with van der Waals surface area (Å²) in [6.45, 7) is 0.0401. The Kier molecular flexibility index (Phi) is 3.69. The topological polar surface area (TPSA) is 64.9 Å². The fraction of sp³-hybridized carbons (Fsp3) is 0.438. The predicted molar refractivity (Wildman–Crippen MR) is 83.5 cm³/mol. The molecule has 1 saturated carbocycles. The Morgan fingerprint density at radius 3 is 2.67 bits per heavy atom. The Hall–Kier alpha value is -2.72. The maximum absolute atomic E-state index is 14.4. The van der Waals surface area contributed by atoms with Crippen molar-refractivity contribution in [1.82, 2.24) is 19.9 Å². The van der Waals surface area contributed by atoms with Gasteiger partial charge in [-0.05, 0) is 38.0 Å². The summed E-state index contributed by atoms with van der Waals surface area (Å²) >= 11 is 0. The average Bonchev–Trinajstić information content (AvgIpc) is 3.19. The molecule has 144 valence electrons. The Balaban J connectivity index is 1.60. The lowest BCUT2D eigenvalue weighted by atomic mass is 9.92. The third-order valence-corrected chi connectivity index (χ3v) is 4.47. The van der Waals surface area contributed by atoms with E-state index in [0.29, 0.717) is 24.2 Å². The first kappa shape index (κ1) is 17.7. The maximum atomic E-state index is 14.4. The molecule has 27 heavy (non-hydrogen) atoms. The summed E-state index contributed by atoms with van der Waals surface area (Å²) in [7, 11) is 0. The van der Waals surface area contributed by atoms with Crippen LogP contribution in [-0.4, -0.2) is 32.6 Å². The van der Waals surface area contributed by atoms with Crippen molar-refractivity contribution < 1.29 is 26.7 Å². The second kappa shape index (κ2) is 5.64. The third kappa shape index (κ3) is 3.21. The predicted octanol–water partition coefficient (Wildman–Crippen LogP) is 3.20.